The summed E-state index contributed by atoms with van der Waals surface area (Å²) in [6, 6.07) is 10.0. The lowest BCUT2D eigenvalue weighted by Gasteiger charge is -2.14. The van der Waals surface area contributed by atoms with Crippen LogP contribution < -0.4 is 5.73 Å². The zero-order valence-corrected chi connectivity index (χ0v) is 11.2. The number of benzene rings is 1. The van der Waals surface area contributed by atoms with Gasteiger partial charge in [0.25, 0.3) is 0 Å². The predicted octanol–water partition coefficient (Wildman–Crippen LogP) is 2.29. The molecular weight excluding hydrogens is 240 g/mol. The third-order valence-electron chi connectivity index (χ3n) is 3.08. The van der Waals surface area contributed by atoms with Crippen LogP contribution >= 0.6 is 0 Å². The summed E-state index contributed by atoms with van der Waals surface area (Å²) in [6.45, 7) is 1.87. The fraction of sp³-hybridized carbons (Fsp3) is 0.400. The number of hydrogen-bond donors (Lipinski definition) is 1. The quantitative estimate of drug-likeness (QED) is 0.776. The van der Waals surface area contributed by atoms with Crippen molar-refractivity contribution in [3.63, 3.8) is 0 Å². The highest BCUT2D eigenvalue weighted by atomic mass is 16.5. The van der Waals surface area contributed by atoms with Gasteiger partial charge in [0.15, 0.2) is 0 Å². The van der Waals surface area contributed by atoms with Gasteiger partial charge in [-0.2, -0.15) is 0 Å². The number of nitrogens with zero attached hydrogens (tertiary/aromatic N) is 1. The fourth-order valence-corrected chi connectivity index (χ4v) is 2.06. The third kappa shape index (κ3) is 3.73. The molecule has 0 bridgehead atoms. The van der Waals surface area contributed by atoms with E-state index in [0.29, 0.717) is 19.8 Å². The maximum absolute atomic E-state index is 6.24. The highest BCUT2D eigenvalue weighted by molar-refractivity contribution is 5.82. The molecule has 1 aromatic carbocycles. The van der Waals surface area contributed by atoms with Gasteiger partial charge >= 0.3 is 0 Å². The smallest absolute Gasteiger partial charge is 0.0705 e. The molecule has 2 rings (SSSR count). The van der Waals surface area contributed by atoms with Crippen molar-refractivity contribution < 1.29 is 9.47 Å². The molecule has 0 spiro atoms. The topological polar surface area (TPSA) is 57.4 Å². The van der Waals surface area contributed by atoms with Gasteiger partial charge in [0.1, 0.15) is 0 Å². The fourth-order valence-electron chi connectivity index (χ4n) is 2.06. The second-order valence-electron chi connectivity index (χ2n) is 4.42. The van der Waals surface area contributed by atoms with E-state index in [1.54, 1.807) is 13.3 Å². The van der Waals surface area contributed by atoms with E-state index in [1.165, 1.54) is 0 Å². The summed E-state index contributed by atoms with van der Waals surface area (Å²) in [7, 11) is 1.66. The van der Waals surface area contributed by atoms with E-state index in [9.17, 15) is 0 Å². The number of pyridine rings is 1. The van der Waals surface area contributed by atoms with Gasteiger partial charge in [0.05, 0.1) is 18.7 Å². The Morgan fingerprint density at radius 3 is 2.89 bits per heavy atom. The number of fused-ring (bicyclic) bond motifs is 1. The van der Waals surface area contributed by atoms with Gasteiger partial charge in [-0.3, -0.25) is 4.98 Å². The van der Waals surface area contributed by atoms with Crippen LogP contribution in [0.3, 0.4) is 0 Å². The van der Waals surface area contributed by atoms with Crippen LogP contribution in [0.2, 0.25) is 0 Å². The molecule has 19 heavy (non-hydrogen) atoms. The Hall–Kier alpha value is -1.49. The minimum absolute atomic E-state index is 0.0320. The molecule has 0 saturated heterocycles. The van der Waals surface area contributed by atoms with Crippen LogP contribution in [0.25, 0.3) is 10.9 Å². The predicted molar refractivity (Wildman–Crippen MR) is 76.0 cm³/mol. The Labute approximate surface area is 113 Å². The second kappa shape index (κ2) is 7.19. The molecule has 4 nitrogen and oxygen atoms in total. The van der Waals surface area contributed by atoms with Crippen LogP contribution in [0, 0.1) is 0 Å². The second-order valence-corrected chi connectivity index (χ2v) is 4.42. The lowest BCUT2D eigenvalue weighted by Crippen LogP contribution is -2.14. The lowest BCUT2D eigenvalue weighted by molar-refractivity contribution is 0.0672. The number of methoxy groups -OCH3 is 1. The Bertz CT molecular complexity index is 511. The van der Waals surface area contributed by atoms with Gasteiger partial charge in [0.2, 0.25) is 0 Å². The molecule has 0 aliphatic carbocycles. The molecule has 0 aliphatic rings. The number of rotatable bonds is 7. The summed E-state index contributed by atoms with van der Waals surface area (Å²) < 4.78 is 10.4. The molecule has 0 aliphatic heterocycles. The average molecular weight is 260 g/mol. The summed E-state index contributed by atoms with van der Waals surface area (Å²) in [5.74, 6) is 0. The molecule has 0 fully saturated rings. The van der Waals surface area contributed by atoms with Crippen molar-refractivity contribution in [3.8, 4) is 0 Å². The van der Waals surface area contributed by atoms with Gasteiger partial charge in [-0.05, 0) is 24.1 Å². The van der Waals surface area contributed by atoms with E-state index >= 15 is 0 Å². The van der Waals surface area contributed by atoms with Crippen LogP contribution in [0.1, 0.15) is 18.0 Å². The van der Waals surface area contributed by atoms with Gasteiger partial charge in [-0.15, -0.1) is 0 Å². The van der Waals surface area contributed by atoms with Gasteiger partial charge in [-0.25, -0.2) is 0 Å². The Morgan fingerprint density at radius 1 is 1.16 bits per heavy atom. The van der Waals surface area contributed by atoms with Crippen LogP contribution in [0.5, 0.6) is 0 Å². The normalized spacial score (nSPS) is 12.7. The molecule has 0 radical (unpaired) electrons. The van der Waals surface area contributed by atoms with Crippen molar-refractivity contribution in [2.75, 3.05) is 26.9 Å². The monoisotopic (exact) mass is 260 g/mol. The molecule has 1 unspecified atom stereocenters. The number of nitrogens with two attached hydrogens (primary N) is 1. The first-order valence-corrected chi connectivity index (χ1v) is 6.49. The number of ether oxygens (including phenoxy) is 2. The SMILES string of the molecule is COCCOCCC(N)c1cccc2ncccc12. The maximum atomic E-state index is 6.24. The van der Waals surface area contributed by atoms with Gasteiger partial charge in [0, 0.05) is 31.3 Å². The molecule has 0 saturated carbocycles. The third-order valence-corrected chi connectivity index (χ3v) is 3.08. The Morgan fingerprint density at radius 2 is 2.05 bits per heavy atom. The van der Waals surface area contributed by atoms with E-state index in [0.717, 1.165) is 22.9 Å². The van der Waals surface area contributed by atoms with Crippen LogP contribution in [0.15, 0.2) is 36.5 Å². The van der Waals surface area contributed by atoms with Crippen LogP contribution in [0.4, 0.5) is 0 Å². The van der Waals surface area contributed by atoms with E-state index in [2.05, 4.69) is 17.1 Å². The molecule has 1 aromatic heterocycles. The van der Waals surface area contributed by atoms with Gasteiger partial charge < -0.3 is 15.2 Å². The van der Waals surface area contributed by atoms with Crippen molar-refractivity contribution >= 4 is 10.9 Å². The van der Waals surface area contributed by atoms with Gasteiger partial charge in [-0.1, -0.05) is 18.2 Å². The van der Waals surface area contributed by atoms with Crippen molar-refractivity contribution in [3.05, 3.63) is 42.1 Å². The molecule has 4 heteroatoms. The highest BCUT2D eigenvalue weighted by Crippen LogP contribution is 2.23. The molecule has 102 valence electrons. The first-order chi connectivity index (χ1) is 9.33. The van der Waals surface area contributed by atoms with Crippen LogP contribution in [-0.4, -0.2) is 31.9 Å². The molecule has 0 amide bonds. The zero-order chi connectivity index (χ0) is 13.5. The summed E-state index contributed by atoms with van der Waals surface area (Å²) in [4.78, 5) is 4.34. The van der Waals surface area contributed by atoms with Crippen LogP contribution in [-0.2, 0) is 9.47 Å². The van der Waals surface area contributed by atoms with Crippen molar-refractivity contribution in [2.24, 2.45) is 5.73 Å². The minimum Gasteiger partial charge on any atom is -0.382 e. The average Bonchev–Trinajstić information content (AvgIpc) is 2.46. The summed E-state index contributed by atoms with van der Waals surface area (Å²) in [6.07, 6.45) is 2.59. The van der Waals surface area contributed by atoms with Crippen molar-refractivity contribution in [1.82, 2.24) is 4.98 Å². The van der Waals surface area contributed by atoms with Crippen molar-refractivity contribution in [2.45, 2.75) is 12.5 Å². The first-order valence-electron chi connectivity index (χ1n) is 6.49. The number of hydrogen-bond acceptors (Lipinski definition) is 4. The van der Waals surface area contributed by atoms with E-state index in [4.69, 9.17) is 15.2 Å². The summed E-state index contributed by atoms with van der Waals surface area (Å²) >= 11 is 0. The summed E-state index contributed by atoms with van der Waals surface area (Å²) in [5, 5.41) is 1.12. The zero-order valence-electron chi connectivity index (χ0n) is 11.2. The Balaban J connectivity index is 1.99. The molecule has 1 heterocycles. The largest absolute Gasteiger partial charge is 0.382 e. The molecule has 1 atom stereocenters. The van der Waals surface area contributed by atoms with E-state index in [1.807, 2.05) is 18.2 Å². The van der Waals surface area contributed by atoms with Crippen molar-refractivity contribution in [1.29, 1.82) is 0 Å². The summed E-state index contributed by atoms with van der Waals surface area (Å²) in [5.41, 5.74) is 8.34. The molecular formula is C15H20N2O2. The highest BCUT2D eigenvalue weighted by Gasteiger charge is 2.09. The molecule has 2 aromatic rings. The first kappa shape index (κ1) is 13.9. The Kier molecular flexibility index (Phi) is 5.27. The lowest BCUT2D eigenvalue weighted by atomic mass is 10.00. The standard InChI is InChI=1S/C15H20N2O2/c1-18-10-11-19-9-7-14(16)12-4-2-6-15-13(12)5-3-8-17-15/h2-6,8,14H,7,9-11,16H2,1H3. The number of aromatic nitrogens is 1. The molecule has 2 N–H and O–H groups in total. The maximum Gasteiger partial charge on any atom is 0.0705 e. The van der Waals surface area contributed by atoms with E-state index < -0.39 is 0 Å². The minimum atomic E-state index is -0.0320. The van der Waals surface area contributed by atoms with E-state index in [-0.39, 0.29) is 6.04 Å².